The molecule has 12 heavy (non-hydrogen) atoms. The molecule has 0 saturated heterocycles. The molecule has 0 N–H and O–H groups in total. The van der Waals surface area contributed by atoms with Gasteiger partial charge in [0, 0.05) is 6.42 Å². The van der Waals surface area contributed by atoms with Crippen molar-refractivity contribution in [2.75, 3.05) is 0 Å². The lowest BCUT2D eigenvalue weighted by atomic mass is 10.3. The lowest BCUT2D eigenvalue weighted by Crippen LogP contribution is -2.16. The summed E-state index contributed by atoms with van der Waals surface area (Å²) in [5.74, 6) is -0.636. The van der Waals surface area contributed by atoms with Crippen molar-refractivity contribution < 1.29 is 14.3 Å². The Morgan fingerprint density at radius 2 is 2.17 bits per heavy atom. The maximum atomic E-state index is 10.9. The molecule has 0 aliphatic rings. The Labute approximate surface area is 72.4 Å². The normalized spacial score (nSPS) is 11.8. The third-order valence-corrected chi connectivity index (χ3v) is 1.22. The molecule has 1 unspecified atom stereocenters. The smallest absolute Gasteiger partial charge is 0.313 e. The van der Waals surface area contributed by atoms with Crippen LogP contribution in [0.3, 0.4) is 0 Å². The average Bonchev–Trinajstić information content (AvgIpc) is 1.84. The zero-order valence-corrected chi connectivity index (χ0v) is 7.50. The Morgan fingerprint density at radius 3 is 2.58 bits per heavy atom. The van der Waals surface area contributed by atoms with Crippen LogP contribution in [-0.2, 0) is 14.3 Å². The maximum Gasteiger partial charge on any atom is 0.313 e. The monoisotopic (exact) mass is 170 g/mol. The number of esters is 1. The van der Waals surface area contributed by atoms with Gasteiger partial charge in [0.1, 0.15) is 18.3 Å². The van der Waals surface area contributed by atoms with Crippen molar-refractivity contribution in [3.63, 3.8) is 0 Å². The van der Waals surface area contributed by atoms with Crippen LogP contribution in [0.1, 0.15) is 26.7 Å². The molecular weight excluding hydrogens is 156 g/mol. The third-order valence-electron chi connectivity index (χ3n) is 1.22. The fourth-order valence-corrected chi connectivity index (χ4v) is 0.752. The topological polar surface area (TPSA) is 43.4 Å². The van der Waals surface area contributed by atoms with E-state index in [9.17, 15) is 9.59 Å². The van der Waals surface area contributed by atoms with E-state index >= 15 is 0 Å². The van der Waals surface area contributed by atoms with Gasteiger partial charge in [-0.05, 0) is 13.8 Å². The number of ketones is 1. The van der Waals surface area contributed by atoms with Crippen molar-refractivity contribution in [2.24, 2.45) is 0 Å². The van der Waals surface area contributed by atoms with E-state index in [1.54, 1.807) is 13.0 Å². The molecular formula is C9H14O3. The molecule has 0 aromatic heterocycles. The van der Waals surface area contributed by atoms with Crippen molar-refractivity contribution in [2.45, 2.75) is 32.8 Å². The first-order valence-electron chi connectivity index (χ1n) is 3.86. The second kappa shape index (κ2) is 5.52. The second-order valence-electron chi connectivity index (χ2n) is 2.70. The van der Waals surface area contributed by atoms with Crippen LogP contribution in [0.25, 0.3) is 0 Å². The highest BCUT2D eigenvalue weighted by atomic mass is 16.5. The molecule has 0 rings (SSSR count). The van der Waals surface area contributed by atoms with Crippen molar-refractivity contribution >= 4 is 11.8 Å². The van der Waals surface area contributed by atoms with Gasteiger partial charge in [0.25, 0.3) is 0 Å². The molecule has 0 saturated carbocycles. The number of carbonyl (C=O) groups is 2. The Morgan fingerprint density at radius 1 is 1.58 bits per heavy atom. The van der Waals surface area contributed by atoms with Gasteiger partial charge in [0.15, 0.2) is 0 Å². The number of hydrogen-bond acceptors (Lipinski definition) is 3. The van der Waals surface area contributed by atoms with E-state index in [-0.39, 0.29) is 18.3 Å². The summed E-state index contributed by atoms with van der Waals surface area (Å²) < 4.78 is 4.87. The lowest BCUT2D eigenvalue weighted by Gasteiger charge is -2.09. The lowest BCUT2D eigenvalue weighted by molar-refractivity contribution is -0.149. The molecule has 68 valence electrons. The highest BCUT2D eigenvalue weighted by molar-refractivity contribution is 5.94. The van der Waals surface area contributed by atoms with Crippen LogP contribution < -0.4 is 0 Å². The van der Waals surface area contributed by atoms with Crippen molar-refractivity contribution in [1.82, 2.24) is 0 Å². The van der Waals surface area contributed by atoms with Crippen LogP contribution in [0, 0.1) is 0 Å². The van der Waals surface area contributed by atoms with Gasteiger partial charge in [-0.25, -0.2) is 0 Å². The van der Waals surface area contributed by atoms with Gasteiger partial charge in [-0.15, -0.1) is 6.58 Å². The molecule has 0 bridgehead atoms. The fraction of sp³-hybridized carbons (Fsp3) is 0.556. The summed E-state index contributed by atoms with van der Waals surface area (Å²) >= 11 is 0. The van der Waals surface area contributed by atoms with E-state index in [0.717, 1.165) is 0 Å². The minimum atomic E-state index is -0.461. The molecule has 0 aliphatic carbocycles. The van der Waals surface area contributed by atoms with Gasteiger partial charge in [-0.3, -0.25) is 9.59 Å². The van der Waals surface area contributed by atoms with Gasteiger partial charge in [0.2, 0.25) is 0 Å². The van der Waals surface area contributed by atoms with Gasteiger partial charge in [-0.2, -0.15) is 0 Å². The maximum absolute atomic E-state index is 10.9. The Kier molecular flexibility index (Phi) is 5.00. The summed E-state index contributed by atoms with van der Waals surface area (Å²) in [7, 11) is 0. The summed E-state index contributed by atoms with van der Waals surface area (Å²) in [5, 5.41) is 0. The van der Waals surface area contributed by atoms with Gasteiger partial charge in [0.05, 0.1) is 0 Å². The Balaban J connectivity index is 3.68. The fourth-order valence-electron chi connectivity index (χ4n) is 0.752. The number of hydrogen-bond donors (Lipinski definition) is 0. The largest absolute Gasteiger partial charge is 0.462 e. The van der Waals surface area contributed by atoms with Crippen molar-refractivity contribution in [3.05, 3.63) is 12.7 Å². The van der Waals surface area contributed by atoms with Crippen LogP contribution in [0.5, 0.6) is 0 Å². The molecule has 3 nitrogen and oxygen atoms in total. The van der Waals surface area contributed by atoms with E-state index < -0.39 is 5.97 Å². The third kappa shape index (κ3) is 5.65. The molecule has 0 amide bonds. The van der Waals surface area contributed by atoms with E-state index in [0.29, 0.717) is 6.42 Å². The quantitative estimate of drug-likeness (QED) is 0.356. The first-order valence-corrected chi connectivity index (χ1v) is 3.86. The minimum Gasteiger partial charge on any atom is -0.462 e. The molecule has 3 heteroatoms. The average molecular weight is 170 g/mol. The van der Waals surface area contributed by atoms with Crippen LogP contribution in [0.2, 0.25) is 0 Å². The summed E-state index contributed by atoms with van der Waals surface area (Å²) in [5.41, 5.74) is 0. The second-order valence-corrected chi connectivity index (χ2v) is 2.70. The number of rotatable bonds is 5. The SMILES string of the molecule is C=CCC(C)OC(=O)CC(C)=O. The minimum absolute atomic E-state index is 0.137. The van der Waals surface area contributed by atoms with Gasteiger partial charge >= 0.3 is 5.97 Å². The first-order chi connectivity index (χ1) is 5.56. The molecule has 0 spiro atoms. The van der Waals surface area contributed by atoms with E-state index in [4.69, 9.17) is 4.74 Å². The predicted molar refractivity (Wildman–Crippen MR) is 45.7 cm³/mol. The first kappa shape index (κ1) is 10.9. The van der Waals surface area contributed by atoms with Crippen LogP contribution in [-0.4, -0.2) is 17.9 Å². The Hall–Kier alpha value is -1.12. The van der Waals surface area contributed by atoms with Crippen molar-refractivity contribution in [1.29, 1.82) is 0 Å². The number of ether oxygens (including phenoxy) is 1. The van der Waals surface area contributed by atoms with Crippen LogP contribution in [0.15, 0.2) is 12.7 Å². The molecule has 0 radical (unpaired) electrons. The standard InChI is InChI=1S/C9H14O3/c1-4-5-8(3)12-9(11)6-7(2)10/h4,8H,1,5-6H2,2-3H3. The molecule has 0 aromatic rings. The van der Waals surface area contributed by atoms with E-state index in [2.05, 4.69) is 6.58 Å². The summed E-state index contributed by atoms with van der Waals surface area (Å²) in [6, 6.07) is 0. The molecule has 1 atom stereocenters. The zero-order chi connectivity index (χ0) is 9.56. The van der Waals surface area contributed by atoms with Crippen LogP contribution >= 0.6 is 0 Å². The highest BCUT2D eigenvalue weighted by Gasteiger charge is 2.09. The van der Waals surface area contributed by atoms with Gasteiger partial charge < -0.3 is 4.74 Å². The zero-order valence-electron chi connectivity index (χ0n) is 7.50. The molecule has 0 heterocycles. The molecule has 0 aliphatic heterocycles. The molecule has 0 aromatic carbocycles. The van der Waals surface area contributed by atoms with Crippen LogP contribution in [0.4, 0.5) is 0 Å². The summed E-state index contributed by atoms with van der Waals surface area (Å²) in [6.45, 7) is 6.63. The van der Waals surface area contributed by atoms with Crippen molar-refractivity contribution in [3.8, 4) is 0 Å². The number of Topliss-reactive ketones (excluding diaryl/α,β-unsaturated/α-hetero) is 1. The predicted octanol–water partition coefficient (Wildman–Crippen LogP) is 1.47. The van der Waals surface area contributed by atoms with E-state index in [1.165, 1.54) is 6.92 Å². The Bertz CT molecular complexity index is 184. The van der Waals surface area contributed by atoms with E-state index in [1.807, 2.05) is 0 Å². The van der Waals surface area contributed by atoms with Gasteiger partial charge in [-0.1, -0.05) is 6.08 Å². The number of carbonyl (C=O) groups excluding carboxylic acids is 2. The highest BCUT2D eigenvalue weighted by Crippen LogP contribution is 2.00. The summed E-state index contributed by atoms with van der Waals surface area (Å²) in [6.07, 6.45) is 1.96. The summed E-state index contributed by atoms with van der Waals surface area (Å²) in [4.78, 5) is 21.3. The molecule has 0 fully saturated rings.